The summed E-state index contributed by atoms with van der Waals surface area (Å²) in [5.41, 5.74) is 1.43. The van der Waals surface area contributed by atoms with Crippen molar-refractivity contribution in [3.63, 3.8) is 0 Å². The van der Waals surface area contributed by atoms with E-state index in [2.05, 4.69) is 5.10 Å². The summed E-state index contributed by atoms with van der Waals surface area (Å²) in [4.78, 5) is 0. The van der Waals surface area contributed by atoms with E-state index in [1.807, 2.05) is 13.8 Å². The number of aryl methyl sites for hydroxylation is 2. The van der Waals surface area contributed by atoms with Crippen molar-refractivity contribution in [2.24, 2.45) is 0 Å². The predicted octanol–water partition coefficient (Wildman–Crippen LogP) is 1.66. The first-order valence-electron chi connectivity index (χ1n) is 3.36. The van der Waals surface area contributed by atoms with E-state index in [4.69, 9.17) is 0 Å². The smallest absolute Gasteiger partial charge is 0.214 e. The lowest BCUT2D eigenvalue weighted by molar-refractivity contribution is 0.466. The van der Waals surface area contributed by atoms with Crippen molar-refractivity contribution in [1.82, 2.24) is 9.78 Å². The molecule has 1 aromatic heterocycles. The number of hydrogen-bond donors (Lipinski definition) is 0. The highest BCUT2D eigenvalue weighted by atomic mass is 19.1. The van der Waals surface area contributed by atoms with E-state index in [-0.39, 0.29) is 5.95 Å². The fourth-order valence-electron chi connectivity index (χ4n) is 0.852. The molecule has 0 saturated heterocycles. The molecule has 0 atom stereocenters. The Hall–Kier alpha value is -0.860. The fourth-order valence-corrected chi connectivity index (χ4v) is 0.852. The molecule has 0 aliphatic rings. The molecule has 0 aliphatic heterocycles. The zero-order valence-electron chi connectivity index (χ0n) is 6.48. The average molecular weight is 142 g/mol. The van der Waals surface area contributed by atoms with Gasteiger partial charge in [-0.2, -0.15) is 9.49 Å². The molecule has 2 nitrogen and oxygen atoms in total. The molecule has 56 valence electrons. The molecule has 3 heteroatoms. The Morgan fingerprint density at radius 2 is 2.10 bits per heavy atom. The fraction of sp³-hybridized carbons (Fsp3) is 0.571. The Balaban J connectivity index is 3.17. The van der Waals surface area contributed by atoms with Crippen LogP contribution in [0.3, 0.4) is 0 Å². The molecule has 0 amide bonds. The van der Waals surface area contributed by atoms with Crippen LogP contribution in [0.25, 0.3) is 0 Å². The normalized spacial score (nSPS) is 10.4. The first kappa shape index (κ1) is 7.25. The molecule has 1 aromatic rings. The Kier molecular flexibility index (Phi) is 1.74. The molecule has 0 N–H and O–H groups in total. The van der Waals surface area contributed by atoms with Gasteiger partial charge in [0.15, 0.2) is 0 Å². The molecule has 1 rings (SSSR count). The summed E-state index contributed by atoms with van der Waals surface area (Å²) in [5.74, 6) is -0.208. The second-order valence-electron chi connectivity index (χ2n) is 2.32. The van der Waals surface area contributed by atoms with Gasteiger partial charge in [0, 0.05) is 12.1 Å². The van der Waals surface area contributed by atoms with Crippen LogP contribution < -0.4 is 0 Å². The Morgan fingerprint density at radius 3 is 2.30 bits per heavy atom. The van der Waals surface area contributed by atoms with Gasteiger partial charge in [-0.1, -0.05) is 0 Å². The third-order valence-corrected chi connectivity index (χ3v) is 1.65. The highest BCUT2D eigenvalue weighted by molar-refractivity contribution is 5.14. The molecule has 0 bridgehead atoms. The number of rotatable bonds is 1. The number of nitrogens with zero attached hydrogens (tertiary/aromatic N) is 2. The average Bonchev–Trinajstić information content (AvgIpc) is 2.17. The molecule has 1 heterocycles. The lowest BCUT2D eigenvalue weighted by atomic mass is 10.3. The van der Waals surface area contributed by atoms with E-state index in [0.717, 1.165) is 5.69 Å². The molecule has 0 fully saturated rings. The molecular formula is C7H11FN2. The molecule has 0 saturated carbocycles. The Morgan fingerprint density at radius 1 is 1.50 bits per heavy atom. The lowest BCUT2D eigenvalue weighted by Gasteiger charge is -1.93. The van der Waals surface area contributed by atoms with Crippen molar-refractivity contribution in [2.45, 2.75) is 27.3 Å². The molecular weight excluding hydrogens is 131 g/mol. The minimum absolute atomic E-state index is 0.208. The van der Waals surface area contributed by atoms with Crippen LogP contribution >= 0.6 is 0 Å². The largest absolute Gasteiger partial charge is 0.239 e. The summed E-state index contributed by atoms with van der Waals surface area (Å²) in [6.45, 7) is 6.02. The summed E-state index contributed by atoms with van der Waals surface area (Å²) >= 11 is 0. The van der Waals surface area contributed by atoms with E-state index in [0.29, 0.717) is 12.1 Å². The quantitative estimate of drug-likeness (QED) is 0.583. The minimum atomic E-state index is -0.208. The summed E-state index contributed by atoms with van der Waals surface area (Å²) in [7, 11) is 0. The third-order valence-electron chi connectivity index (χ3n) is 1.65. The maximum atomic E-state index is 12.9. The molecule has 10 heavy (non-hydrogen) atoms. The number of aromatic nitrogens is 2. The van der Waals surface area contributed by atoms with Gasteiger partial charge in [-0.25, -0.2) is 4.68 Å². The molecule has 0 unspecified atom stereocenters. The number of hydrogen-bond acceptors (Lipinski definition) is 1. The lowest BCUT2D eigenvalue weighted by Crippen LogP contribution is -1.99. The third kappa shape index (κ3) is 0.916. The maximum absolute atomic E-state index is 12.9. The van der Waals surface area contributed by atoms with Crippen molar-refractivity contribution in [1.29, 1.82) is 0 Å². The van der Waals surface area contributed by atoms with Crippen LogP contribution in [-0.2, 0) is 6.54 Å². The second-order valence-corrected chi connectivity index (χ2v) is 2.32. The van der Waals surface area contributed by atoms with Crippen molar-refractivity contribution in [2.75, 3.05) is 0 Å². The van der Waals surface area contributed by atoms with Crippen molar-refractivity contribution in [3.05, 3.63) is 17.2 Å². The first-order valence-corrected chi connectivity index (χ1v) is 3.36. The van der Waals surface area contributed by atoms with E-state index >= 15 is 0 Å². The summed E-state index contributed by atoms with van der Waals surface area (Å²) < 4.78 is 14.3. The summed E-state index contributed by atoms with van der Waals surface area (Å²) in [5, 5.41) is 3.97. The van der Waals surface area contributed by atoms with Gasteiger partial charge < -0.3 is 0 Å². The van der Waals surface area contributed by atoms with Crippen molar-refractivity contribution < 1.29 is 4.39 Å². The zero-order chi connectivity index (χ0) is 7.72. The second kappa shape index (κ2) is 2.40. The van der Waals surface area contributed by atoms with Crippen LogP contribution in [0.2, 0.25) is 0 Å². The van der Waals surface area contributed by atoms with E-state index in [9.17, 15) is 4.39 Å². The van der Waals surface area contributed by atoms with E-state index in [1.54, 1.807) is 6.92 Å². The van der Waals surface area contributed by atoms with Crippen LogP contribution in [0.4, 0.5) is 4.39 Å². The Labute approximate surface area is 59.7 Å². The van der Waals surface area contributed by atoms with Crippen molar-refractivity contribution in [3.8, 4) is 0 Å². The van der Waals surface area contributed by atoms with Gasteiger partial charge in [0.1, 0.15) is 0 Å². The molecule has 0 aromatic carbocycles. The first-order chi connectivity index (χ1) is 4.66. The molecule has 0 aliphatic carbocycles. The van der Waals surface area contributed by atoms with Gasteiger partial charge in [-0.3, -0.25) is 0 Å². The van der Waals surface area contributed by atoms with Gasteiger partial charge in [0.2, 0.25) is 5.95 Å². The van der Waals surface area contributed by atoms with Crippen LogP contribution in [-0.4, -0.2) is 9.78 Å². The molecule has 0 spiro atoms. The highest BCUT2D eigenvalue weighted by Gasteiger charge is 2.07. The van der Waals surface area contributed by atoms with Gasteiger partial charge in [-0.15, -0.1) is 0 Å². The monoisotopic (exact) mass is 142 g/mol. The van der Waals surface area contributed by atoms with E-state index < -0.39 is 0 Å². The summed E-state index contributed by atoms with van der Waals surface area (Å²) in [6, 6.07) is 0. The van der Waals surface area contributed by atoms with Crippen LogP contribution in [0, 0.1) is 19.8 Å². The minimum Gasteiger partial charge on any atom is -0.239 e. The predicted molar refractivity (Wildman–Crippen MR) is 37.3 cm³/mol. The Bertz CT molecular complexity index is 240. The number of halogens is 1. The summed E-state index contributed by atoms with van der Waals surface area (Å²) in [6.07, 6.45) is 0. The highest BCUT2D eigenvalue weighted by Crippen LogP contribution is 2.09. The maximum Gasteiger partial charge on any atom is 0.214 e. The van der Waals surface area contributed by atoms with E-state index in [1.165, 1.54) is 4.68 Å². The van der Waals surface area contributed by atoms with Crippen LogP contribution in [0.1, 0.15) is 18.2 Å². The van der Waals surface area contributed by atoms with Crippen molar-refractivity contribution >= 4 is 0 Å². The van der Waals surface area contributed by atoms with Crippen LogP contribution in [0.15, 0.2) is 0 Å². The standard InChI is InChI=1S/C7H11FN2/c1-4-10-7(8)5(2)6(3)9-10/h4H2,1-3H3. The van der Waals surface area contributed by atoms with Gasteiger partial charge >= 0.3 is 0 Å². The van der Waals surface area contributed by atoms with Gasteiger partial charge in [0.25, 0.3) is 0 Å². The van der Waals surface area contributed by atoms with Gasteiger partial charge in [-0.05, 0) is 20.8 Å². The topological polar surface area (TPSA) is 17.8 Å². The SMILES string of the molecule is CCn1nc(C)c(C)c1F. The van der Waals surface area contributed by atoms with Crippen LogP contribution in [0.5, 0.6) is 0 Å². The van der Waals surface area contributed by atoms with Gasteiger partial charge in [0.05, 0.1) is 5.69 Å². The molecule has 0 radical (unpaired) electrons. The zero-order valence-corrected chi connectivity index (χ0v) is 6.48.